The van der Waals surface area contributed by atoms with Gasteiger partial charge in [-0.25, -0.2) is 0 Å². The smallest absolute Gasteiger partial charge is 0.137 e. The van der Waals surface area contributed by atoms with Crippen LogP contribution in [0.1, 0.15) is 38.8 Å². The van der Waals surface area contributed by atoms with Crippen LogP contribution in [-0.4, -0.2) is 22.6 Å². The maximum atomic E-state index is 5.61. The highest BCUT2D eigenvalue weighted by atomic mass is 32.2. The van der Waals surface area contributed by atoms with Crippen molar-refractivity contribution in [2.24, 2.45) is 5.84 Å². The van der Waals surface area contributed by atoms with Crippen molar-refractivity contribution >= 4 is 11.8 Å². The van der Waals surface area contributed by atoms with Crippen molar-refractivity contribution in [1.82, 2.24) is 10.4 Å². The summed E-state index contributed by atoms with van der Waals surface area (Å²) in [5, 5.41) is 0.591. The van der Waals surface area contributed by atoms with Crippen LogP contribution in [0.15, 0.2) is 18.5 Å². The molecule has 4 nitrogen and oxygen atoms in total. The van der Waals surface area contributed by atoms with E-state index in [9.17, 15) is 0 Å². The Balaban J connectivity index is 2.66. The standard InChI is InChI=1S/C13H23N3OS/c1-4-5-17-12-6-11(7-15-8-12)13(16-14)9-18-10(2)3/h6-8,10,13,16H,4-5,9,14H2,1-3H3. The summed E-state index contributed by atoms with van der Waals surface area (Å²) >= 11 is 1.87. The third-order valence-electron chi connectivity index (χ3n) is 2.41. The maximum absolute atomic E-state index is 5.61. The first kappa shape index (κ1) is 15.3. The minimum Gasteiger partial charge on any atom is -0.492 e. The van der Waals surface area contributed by atoms with E-state index < -0.39 is 0 Å². The molecule has 1 rings (SSSR count). The molecule has 0 bridgehead atoms. The van der Waals surface area contributed by atoms with Crippen LogP contribution in [0.5, 0.6) is 5.75 Å². The van der Waals surface area contributed by atoms with E-state index in [-0.39, 0.29) is 6.04 Å². The lowest BCUT2D eigenvalue weighted by Crippen LogP contribution is -2.30. The second-order valence-electron chi connectivity index (χ2n) is 4.40. The highest BCUT2D eigenvalue weighted by molar-refractivity contribution is 7.99. The van der Waals surface area contributed by atoms with Crippen LogP contribution in [0, 0.1) is 0 Å². The van der Waals surface area contributed by atoms with Gasteiger partial charge in [0.25, 0.3) is 0 Å². The molecule has 0 radical (unpaired) electrons. The number of hydrogen-bond acceptors (Lipinski definition) is 5. The van der Waals surface area contributed by atoms with Gasteiger partial charge in [0.05, 0.1) is 18.8 Å². The van der Waals surface area contributed by atoms with Crippen molar-refractivity contribution < 1.29 is 4.74 Å². The van der Waals surface area contributed by atoms with Crippen LogP contribution in [0.25, 0.3) is 0 Å². The summed E-state index contributed by atoms with van der Waals surface area (Å²) < 4.78 is 5.58. The van der Waals surface area contributed by atoms with Crippen LogP contribution in [0.2, 0.25) is 0 Å². The second kappa shape index (κ2) is 8.34. The van der Waals surface area contributed by atoms with Crippen molar-refractivity contribution in [3.8, 4) is 5.75 Å². The Labute approximate surface area is 114 Å². The first-order valence-electron chi connectivity index (χ1n) is 6.32. The van der Waals surface area contributed by atoms with Gasteiger partial charge in [0.2, 0.25) is 0 Å². The van der Waals surface area contributed by atoms with Crippen LogP contribution < -0.4 is 16.0 Å². The molecule has 18 heavy (non-hydrogen) atoms. The average Bonchev–Trinajstić information content (AvgIpc) is 2.37. The zero-order chi connectivity index (χ0) is 13.4. The van der Waals surface area contributed by atoms with E-state index in [1.165, 1.54) is 0 Å². The van der Waals surface area contributed by atoms with Gasteiger partial charge in [-0.15, -0.1) is 0 Å². The Morgan fingerprint density at radius 2 is 2.22 bits per heavy atom. The molecule has 0 aliphatic heterocycles. The molecule has 0 saturated carbocycles. The molecule has 1 aromatic heterocycles. The third-order valence-corrected chi connectivity index (χ3v) is 3.60. The molecular weight excluding hydrogens is 246 g/mol. The van der Waals surface area contributed by atoms with Crippen LogP contribution in [0.3, 0.4) is 0 Å². The minimum atomic E-state index is 0.107. The molecule has 3 N–H and O–H groups in total. The fourth-order valence-electron chi connectivity index (χ4n) is 1.45. The molecule has 1 unspecified atom stereocenters. The molecule has 0 fully saturated rings. The van der Waals surface area contributed by atoms with Crippen LogP contribution >= 0.6 is 11.8 Å². The number of aromatic nitrogens is 1. The second-order valence-corrected chi connectivity index (χ2v) is 6.01. The number of hydrazine groups is 1. The van der Waals surface area contributed by atoms with E-state index in [4.69, 9.17) is 10.6 Å². The quantitative estimate of drug-likeness (QED) is 0.561. The number of pyridine rings is 1. The van der Waals surface area contributed by atoms with Gasteiger partial charge in [-0.05, 0) is 23.3 Å². The van der Waals surface area contributed by atoms with Crippen molar-refractivity contribution in [2.75, 3.05) is 12.4 Å². The fraction of sp³-hybridized carbons (Fsp3) is 0.615. The largest absolute Gasteiger partial charge is 0.492 e. The third kappa shape index (κ3) is 5.25. The monoisotopic (exact) mass is 269 g/mol. The highest BCUT2D eigenvalue weighted by Gasteiger charge is 2.12. The van der Waals surface area contributed by atoms with E-state index in [1.807, 2.05) is 24.0 Å². The van der Waals surface area contributed by atoms with Gasteiger partial charge in [0.15, 0.2) is 0 Å². The molecule has 0 saturated heterocycles. The first-order chi connectivity index (χ1) is 8.67. The molecule has 1 atom stereocenters. The summed E-state index contributed by atoms with van der Waals surface area (Å²) in [6, 6.07) is 2.11. The Hall–Kier alpha value is -0.780. The predicted octanol–water partition coefficient (Wildman–Crippen LogP) is 2.52. The summed E-state index contributed by atoms with van der Waals surface area (Å²) in [5.74, 6) is 7.34. The molecule has 1 aromatic rings. The zero-order valence-electron chi connectivity index (χ0n) is 11.3. The topological polar surface area (TPSA) is 60.2 Å². The zero-order valence-corrected chi connectivity index (χ0v) is 12.2. The Kier molecular flexibility index (Phi) is 7.08. The number of thioether (sulfide) groups is 1. The highest BCUT2D eigenvalue weighted by Crippen LogP contribution is 2.22. The van der Waals surface area contributed by atoms with Gasteiger partial charge in [0.1, 0.15) is 5.75 Å². The first-order valence-corrected chi connectivity index (χ1v) is 7.37. The lowest BCUT2D eigenvalue weighted by atomic mass is 10.1. The van der Waals surface area contributed by atoms with Crippen molar-refractivity contribution in [1.29, 1.82) is 0 Å². The summed E-state index contributed by atoms with van der Waals surface area (Å²) in [6.45, 7) is 7.15. The molecule has 0 spiro atoms. The summed E-state index contributed by atoms with van der Waals surface area (Å²) in [7, 11) is 0. The van der Waals surface area contributed by atoms with Crippen molar-refractivity contribution in [3.63, 3.8) is 0 Å². The number of rotatable bonds is 8. The minimum absolute atomic E-state index is 0.107. The van der Waals surface area contributed by atoms with E-state index in [2.05, 4.69) is 31.2 Å². The Morgan fingerprint density at radius 1 is 1.44 bits per heavy atom. The molecule has 102 valence electrons. The Bertz CT molecular complexity index is 347. The summed E-state index contributed by atoms with van der Waals surface area (Å²) in [6.07, 6.45) is 4.57. The van der Waals surface area contributed by atoms with Crippen molar-refractivity contribution in [2.45, 2.75) is 38.5 Å². The number of nitrogens with zero attached hydrogens (tertiary/aromatic N) is 1. The SMILES string of the molecule is CCCOc1cncc(C(CSC(C)C)NN)c1. The van der Waals surface area contributed by atoms with Crippen molar-refractivity contribution in [3.05, 3.63) is 24.0 Å². The van der Waals surface area contributed by atoms with E-state index in [0.717, 1.165) is 23.5 Å². The lowest BCUT2D eigenvalue weighted by Gasteiger charge is -2.17. The Morgan fingerprint density at radius 3 is 2.83 bits per heavy atom. The van der Waals surface area contributed by atoms with E-state index in [0.29, 0.717) is 11.9 Å². The normalized spacial score (nSPS) is 12.7. The van der Waals surface area contributed by atoms with Gasteiger partial charge in [0, 0.05) is 11.9 Å². The predicted molar refractivity (Wildman–Crippen MR) is 77.7 cm³/mol. The lowest BCUT2D eigenvalue weighted by molar-refractivity contribution is 0.315. The number of nitrogens with one attached hydrogen (secondary N) is 1. The molecular formula is C13H23N3OS. The van der Waals surface area contributed by atoms with E-state index >= 15 is 0 Å². The molecule has 0 aromatic carbocycles. The van der Waals surface area contributed by atoms with Gasteiger partial charge >= 0.3 is 0 Å². The van der Waals surface area contributed by atoms with Gasteiger partial charge < -0.3 is 4.74 Å². The van der Waals surface area contributed by atoms with Gasteiger partial charge in [-0.2, -0.15) is 11.8 Å². The number of hydrogen-bond donors (Lipinski definition) is 2. The van der Waals surface area contributed by atoms with Crippen LogP contribution in [0.4, 0.5) is 0 Å². The number of ether oxygens (including phenoxy) is 1. The number of nitrogens with two attached hydrogens (primary N) is 1. The summed E-state index contributed by atoms with van der Waals surface area (Å²) in [5.41, 5.74) is 3.91. The van der Waals surface area contributed by atoms with Gasteiger partial charge in [-0.1, -0.05) is 20.8 Å². The van der Waals surface area contributed by atoms with E-state index in [1.54, 1.807) is 6.20 Å². The molecule has 1 heterocycles. The maximum Gasteiger partial charge on any atom is 0.137 e. The summed E-state index contributed by atoms with van der Waals surface area (Å²) in [4.78, 5) is 4.20. The molecule has 0 aliphatic rings. The molecule has 0 aliphatic carbocycles. The average molecular weight is 269 g/mol. The van der Waals surface area contributed by atoms with Crippen LogP contribution in [-0.2, 0) is 0 Å². The molecule has 0 amide bonds. The van der Waals surface area contributed by atoms with Gasteiger partial charge in [-0.3, -0.25) is 16.3 Å². The molecule has 5 heteroatoms. The fourth-order valence-corrected chi connectivity index (χ4v) is 2.32.